The van der Waals surface area contributed by atoms with Crippen LogP contribution in [-0.2, 0) is 19.7 Å². The number of aryl methyl sites for hydroxylation is 1. The number of rotatable bonds is 4. The molecule has 1 heterocycles. The van der Waals surface area contributed by atoms with Crippen molar-refractivity contribution in [3.8, 4) is 0 Å². The number of piperazine rings is 1. The van der Waals surface area contributed by atoms with Gasteiger partial charge in [-0.3, -0.25) is 4.79 Å². The van der Waals surface area contributed by atoms with Gasteiger partial charge in [0, 0.05) is 44.3 Å². The summed E-state index contributed by atoms with van der Waals surface area (Å²) in [5.74, 6) is -0.903. The number of anilines is 1. The van der Waals surface area contributed by atoms with Crippen LogP contribution in [0.15, 0.2) is 46.2 Å². The van der Waals surface area contributed by atoms with E-state index in [1.54, 1.807) is 22.8 Å². The first-order valence-corrected chi connectivity index (χ1v) is 13.0. The van der Waals surface area contributed by atoms with E-state index in [4.69, 9.17) is 0 Å². The molecule has 2 aromatic rings. The fraction of sp³-hybridized carbons (Fsp3) is 0.350. The van der Waals surface area contributed by atoms with Crippen molar-refractivity contribution in [3.63, 3.8) is 0 Å². The molecule has 1 aliphatic rings. The minimum Gasteiger partial charge on any atom is -0.366 e. The zero-order chi connectivity index (χ0) is 22.3. The Bertz CT molecular complexity index is 1200. The Hall–Kier alpha value is -2.46. The number of nitrogens with zero attached hydrogens (tertiary/aromatic N) is 2. The molecule has 2 aromatic carbocycles. The van der Waals surface area contributed by atoms with Crippen molar-refractivity contribution >= 4 is 31.3 Å². The summed E-state index contributed by atoms with van der Waals surface area (Å²) >= 11 is 0. The smallest absolute Gasteiger partial charge is 0.254 e. The van der Waals surface area contributed by atoms with Gasteiger partial charge < -0.3 is 9.80 Å². The number of hydrogen-bond acceptors (Lipinski definition) is 6. The third kappa shape index (κ3) is 4.65. The number of amides is 1. The molecule has 0 aromatic heterocycles. The second-order valence-electron chi connectivity index (χ2n) is 7.41. The first-order valence-electron chi connectivity index (χ1n) is 9.22. The third-order valence-corrected chi connectivity index (χ3v) is 7.34. The lowest BCUT2D eigenvalue weighted by Gasteiger charge is -2.36. The molecular weight excluding hydrogens is 431 g/mol. The predicted molar refractivity (Wildman–Crippen MR) is 112 cm³/mol. The van der Waals surface area contributed by atoms with E-state index in [0.717, 1.165) is 18.6 Å². The molecule has 0 aliphatic carbocycles. The largest absolute Gasteiger partial charge is 0.366 e. The highest BCUT2D eigenvalue weighted by Gasteiger charge is 2.26. The van der Waals surface area contributed by atoms with Gasteiger partial charge in [-0.05, 0) is 42.8 Å². The molecule has 1 aliphatic heterocycles. The standard InChI is InChI=1S/C20H23FN2O5S2/c1-14-4-5-15(29(2,25)26)12-17(14)20(24)23-10-8-22(9-11-23)19-7-6-16(13-18(19)21)30(3,27)28/h4-7,12-13H,8-11H2,1-3H3. The van der Waals surface area contributed by atoms with E-state index in [0.29, 0.717) is 37.3 Å². The van der Waals surface area contributed by atoms with Crippen LogP contribution in [0.4, 0.5) is 10.1 Å². The fourth-order valence-electron chi connectivity index (χ4n) is 3.36. The summed E-state index contributed by atoms with van der Waals surface area (Å²) in [6.07, 6.45) is 2.11. The molecule has 162 valence electrons. The van der Waals surface area contributed by atoms with Crippen LogP contribution < -0.4 is 4.90 Å². The molecule has 0 spiro atoms. The first-order chi connectivity index (χ1) is 13.9. The van der Waals surface area contributed by atoms with E-state index in [1.165, 1.54) is 24.3 Å². The maximum Gasteiger partial charge on any atom is 0.254 e. The maximum absolute atomic E-state index is 14.5. The normalized spacial score (nSPS) is 15.3. The molecule has 0 unspecified atom stereocenters. The van der Waals surface area contributed by atoms with Gasteiger partial charge in [-0.15, -0.1) is 0 Å². The van der Waals surface area contributed by atoms with Crippen LogP contribution in [0.25, 0.3) is 0 Å². The van der Waals surface area contributed by atoms with Crippen molar-refractivity contribution in [2.45, 2.75) is 16.7 Å². The van der Waals surface area contributed by atoms with Crippen molar-refractivity contribution < 1.29 is 26.0 Å². The van der Waals surface area contributed by atoms with Crippen molar-refractivity contribution in [2.24, 2.45) is 0 Å². The number of halogens is 1. The molecule has 30 heavy (non-hydrogen) atoms. The maximum atomic E-state index is 14.5. The van der Waals surface area contributed by atoms with Crippen LogP contribution in [0.2, 0.25) is 0 Å². The lowest BCUT2D eigenvalue weighted by Crippen LogP contribution is -2.49. The number of carbonyl (C=O) groups is 1. The molecule has 0 N–H and O–H groups in total. The second kappa shape index (κ2) is 7.99. The highest BCUT2D eigenvalue weighted by atomic mass is 32.2. The van der Waals surface area contributed by atoms with Crippen LogP contribution in [0, 0.1) is 12.7 Å². The fourth-order valence-corrected chi connectivity index (χ4v) is 4.64. The monoisotopic (exact) mass is 454 g/mol. The highest BCUT2D eigenvalue weighted by Crippen LogP contribution is 2.25. The van der Waals surface area contributed by atoms with E-state index in [9.17, 15) is 26.0 Å². The minimum absolute atomic E-state index is 0.0844. The van der Waals surface area contributed by atoms with Gasteiger partial charge in [-0.25, -0.2) is 21.2 Å². The molecule has 0 atom stereocenters. The van der Waals surface area contributed by atoms with E-state index in [1.807, 2.05) is 0 Å². The third-order valence-electron chi connectivity index (χ3n) is 5.12. The number of carbonyl (C=O) groups excluding carboxylic acids is 1. The summed E-state index contributed by atoms with van der Waals surface area (Å²) in [7, 11) is -6.93. The van der Waals surface area contributed by atoms with Gasteiger partial charge in [0.2, 0.25) is 0 Å². The molecule has 0 bridgehead atoms. The van der Waals surface area contributed by atoms with Crippen molar-refractivity contribution in [1.82, 2.24) is 4.90 Å². The molecule has 7 nitrogen and oxygen atoms in total. The van der Waals surface area contributed by atoms with E-state index in [2.05, 4.69) is 0 Å². The quantitative estimate of drug-likeness (QED) is 0.701. The number of benzene rings is 2. The van der Waals surface area contributed by atoms with Crippen LogP contribution in [0.3, 0.4) is 0 Å². The summed E-state index contributed by atoms with van der Waals surface area (Å²) in [6, 6.07) is 8.28. The van der Waals surface area contributed by atoms with Crippen LogP contribution in [0.1, 0.15) is 15.9 Å². The molecule has 1 amide bonds. The Morgan fingerprint density at radius 1 is 0.867 bits per heavy atom. The zero-order valence-electron chi connectivity index (χ0n) is 16.9. The van der Waals surface area contributed by atoms with Crippen molar-refractivity contribution in [1.29, 1.82) is 0 Å². The Morgan fingerprint density at radius 2 is 1.40 bits per heavy atom. The molecule has 0 radical (unpaired) electrons. The van der Waals surface area contributed by atoms with Gasteiger partial charge in [-0.2, -0.15) is 0 Å². The van der Waals surface area contributed by atoms with Crippen LogP contribution >= 0.6 is 0 Å². The SMILES string of the molecule is Cc1ccc(S(C)(=O)=O)cc1C(=O)N1CCN(c2ccc(S(C)(=O)=O)cc2F)CC1. The van der Waals surface area contributed by atoms with Gasteiger partial charge in [0.05, 0.1) is 15.5 Å². The molecule has 1 fully saturated rings. The van der Waals surface area contributed by atoms with E-state index < -0.39 is 25.5 Å². The van der Waals surface area contributed by atoms with Gasteiger partial charge in [-0.1, -0.05) is 6.07 Å². The summed E-state index contributed by atoms with van der Waals surface area (Å²) in [4.78, 5) is 16.3. The van der Waals surface area contributed by atoms with Crippen molar-refractivity contribution in [3.05, 3.63) is 53.3 Å². The Balaban J connectivity index is 1.76. The second-order valence-corrected chi connectivity index (χ2v) is 11.4. The first kappa shape index (κ1) is 22.2. The Morgan fingerprint density at radius 3 is 1.93 bits per heavy atom. The Labute approximate surface area is 175 Å². The van der Waals surface area contributed by atoms with Gasteiger partial charge in [0.25, 0.3) is 5.91 Å². The molecule has 0 saturated carbocycles. The summed E-state index contributed by atoms with van der Waals surface area (Å²) in [5, 5.41) is 0. The lowest BCUT2D eigenvalue weighted by molar-refractivity contribution is 0.0745. The van der Waals surface area contributed by atoms with Gasteiger partial charge >= 0.3 is 0 Å². The topological polar surface area (TPSA) is 91.8 Å². The van der Waals surface area contributed by atoms with Crippen molar-refractivity contribution in [2.75, 3.05) is 43.6 Å². The summed E-state index contributed by atoms with van der Waals surface area (Å²) in [6.45, 7) is 3.13. The molecular formula is C20H23FN2O5S2. The average Bonchev–Trinajstić information content (AvgIpc) is 2.66. The molecule has 3 rings (SSSR count). The minimum atomic E-state index is -3.50. The average molecular weight is 455 g/mol. The van der Waals surface area contributed by atoms with Crippen LogP contribution in [-0.4, -0.2) is 66.3 Å². The Kier molecular flexibility index (Phi) is 5.92. The predicted octanol–water partition coefficient (Wildman–Crippen LogP) is 1.90. The van der Waals surface area contributed by atoms with E-state index >= 15 is 0 Å². The van der Waals surface area contributed by atoms with Crippen LogP contribution in [0.5, 0.6) is 0 Å². The van der Waals surface area contributed by atoms with Gasteiger partial charge in [0.1, 0.15) is 5.82 Å². The highest BCUT2D eigenvalue weighted by molar-refractivity contribution is 7.91. The van der Waals surface area contributed by atoms with Gasteiger partial charge in [0.15, 0.2) is 19.7 Å². The summed E-state index contributed by atoms with van der Waals surface area (Å²) in [5.41, 5.74) is 1.29. The summed E-state index contributed by atoms with van der Waals surface area (Å²) < 4.78 is 61.2. The number of hydrogen-bond donors (Lipinski definition) is 0. The molecule has 10 heteroatoms. The van der Waals surface area contributed by atoms with E-state index in [-0.39, 0.29) is 21.4 Å². The number of sulfone groups is 2. The molecule has 1 saturated heterocycles. The lowest BCUT2D eigenvalue weighted by atomic mass is 10.1. The zero-order valence-corrected chi connectivity index (χ0v) is 18.6.